The lowest BCUT2D eigenvalue weighted by molar-refractivity contribution is 0.0161. The van der Waals surface area contributed by atoms with Gasteiger partial charge in [-0.3, -0.25) is 4.98 Å². The number of ether oxygens (including phenoxy) is 3. The van der Waals surface area contributed by atoms with Crippen LogP contribution in [0.2, 0.25) is 0 Å². The maximum Gasteiger partial charge on any atom is 0.142 e. The zero-order valence-electron chi connectivity index (χ0n) is 13.1. The summed E-state index contributed by atoms with van der Waals surface area (Å²) in [5.74, 6) is 0.682. The third kappa shape index (κ3) is 7.38. The molecule has 0 spiro atoms. The van der Waals surface area contributed by atoms with E-state index in [4.69, 9.17) is 14.2 Å². The van der Waals surface area contributed by atoms with E-state index in [0.29, 0.717) is 25.5 Å². The summed E-state index contributed by atoms with van der Waals surface area (Å²) in [6.07, 6.45) is -0.638. The molecule has 0 aliphatic carbocycles. The highest BCUT2D eigenvalue weighted by atomic mass is 16.5. The maximum atomic E-state index is 9.73. The minimum Gasteiger partial charge on any atom is -0.489 e. The fraction of sp³-hybridized carbons (Fsp3) is 0.667. The first-order chi connectivity index (χ1) is 10.2. The predicted octanol–water partition coefficient (Wildman–Crippen LogP) is 0.902. The smallest absolute Gasteiger partial charge is 0.142 e. The van der Waals surface area contributed by atoms with Crippen LogP contribution in [-0.2, 0) is 16.0 Å². The topological polar surface area (TPSA) is 72.8 Å². The van der Waals surface area contributed by atoms with Gasteiger partial charge in [0.25, 0.3) is 0 Å². The third-order valence-corrected chi connectivity index (χ3v) is 2.79. The molecule has 120 valence electrons. The number of hydrogen-bond acceptors (Lipinski definition) is 6. The van der Waals surface area contributed by atoms with Crippen LogP contribution in [0, 0.1) is 6.92 Å². The van der Waals surface area contributed by atoms with Crippen LogP contribution in [0.3, 0.4) is 0 Å². The van der Waals surface area contributed by atoms with Gasteiger partial charge >= 0.3 is 0 Å². The molecular formula is C15H26N2O4. The highest BCUT2D eigenvalue weighted by Crippen LogP contribution is 2.17. The van der Waals surface area contributed by atoms with E-state index < -0.39 is 6.10 Å². The van der Waals surface area contributed by atoms with Crippen molar-refractivity contribution in [2.75, 3.05) is 40.1 Å². The Kier molecular flexibility index (Phi) is 8.93. The summed E-state index contributed by atoms with van der Waals surface area (Å²) in [5, 5.41) is 13.0. The maximum absolute atomic E-state index is 9.73. The van der Waals surface area contributed by atoms with Crippen molar-refractivity contribution < 1.29 is 19.3 Å². The van der Waals surface area contributed by atoms with Gasteiger partial charge in [0.1, 0.15) is 18.5 Å². The largest absolute Gasteiger partial charge is 0.489 e. The quantitative estimate of drug-likeness (QED) is 0.591. The van der Waals surface area contributed by atoms with Crippen molar-refractivity contribution in [3.8, 4) is 5.75 Å². The van der Waals surface area contributed by atoms with E-state index in [9.17, 15) is 5.11 Å². The van der Waals surface area contributed by atoms with Crippen molar-refractivity contribution >= 4 is 0 Å². The molecule has 1 heterocycles. The Morgan fingerprint density at radius 1 is 1.33 bits per heavy atom. The molecule has 0 aliphatic rings. The minimum atomic E-state index is -0.638. The number of aryl methyl sites for hydroxylation is 1. The first kappa shape index (κ1) is 17.8. The van der Waals surface area contributed by atoms with Gasteiger partial charge in [-0.2, -0.15) is 0 Å². The first-order valence-corrected chi connectivity index (χ1v) is 7.22. The van der Waals surface area contributed by atoms with Gasteiger partial charge in [0.15, 0.2) is 0 Å². The lowest BCUT2D eigenvalue weighted by Crippen LogP contribution is -2.24. The first-order valence-electron chi connectivity index (χ1n) is 7.22. The summed E-state index contributed by atoms with van der Waals surface area (Å²) in [5.41, 5.74) is 1.76. The number of pyridine rings is 1. The number of hydrogen-bond donors (Lipinski definition) is 2. The van der Waals surface area contributed by atoms with Crippen LogP contribution in [0.15, 0.2) is 12.1 Å². The van der Waals surface area contributed by atoms with Crippen LogP contribution >= 0.6 is 0 Å². The van der Waals surface area contributed by atoms with E-state index >= 15 is 0 Å². The number of aliphatic hydroxyl groups is 1. The van der Waals surface area contributed by atoms with Crippen molar-refractivity contribution in [3.63, 3.8) is 0 Å². The van der Waals surface area contributed by atoms with Gasteiger partial charge in [-0.25, -0.2) is 0 Å². The molecule has 1 unspecified atom stereocenters. The SMILES string of the molecule is CCOCC(O)COc1ccc(C)nc1CNCCOC. The Bertz CT molecular complexity index is 401. The van der Waals surface area contributed by atoms with Gasteiger partial charge in [0.2, 0.25) is 0 Å². The fourth-order valence-electron chi connectivity index (χ4n) is 1.72. The van der Waals surface area contributed by atoms with Gasteiger partial charge in [0.05, 0.1) is 18.9 Å². The number of nitrogens with zero attached hydrogens (tertiary/aromatic N) is 1. The molecule has 0 radical (unpaired) electrons. The van der Waals surface area contributed by atoms with E-state index in [2.05, 4.69) is 10.3 Å². The van der Waals surface area contributed by atoms with Crippen molar-refractivity contribution in [3.05, 3.63) is 23.5 Å². The fourth-order valence-corrected chi connectivity index (χ4v) is 1.72. The molecule has 1 atom stereocenters. The van der Waals surface area contributed by atoms with Gasteiger partial charge in [-0.1, -0.05) is 0 Å². The monoisotopic (exact) mass is 298 g/mol. The molecule has 1 aromatic rings. The molecule has 6 nitrogen and oxygen atoms in total. The highest BCUT2D eigenvalue weighted by molar-refractivity contribution is 5.29. The van der Waals surface area contributed by atoms with Gasteiger partial charge in [-0.05, 0) is 26.0 Å². The Balaban J connectivity index is 2.51. The Labute approximate surface area is 126 Å². The predicted molar refractivity (Wildman–Crippen MR) is 80.6 cm³/mol. The average molecular weight is 298 g/mol. The molecule has 2 N–H and O–H groups in total. The van der Waals surface area contributed by atoms with Crippen molar-refractivity contribution in [2.24, 2.45) is 0 Å². The number of methoxy groups -OCH3 is 1. The molecule has 0 bridgehead atoms. The second-order valence-corrected chi connectivity index (χ2v) is 4.69. The Morgan fingerprint density at radius 2 is 2.14 bits per heavy atom. The molecule has 0 aromatic carbocycles. The average Bonchev–Trinajstić information content (AvgIpc) is 2.48. The van der Waals surface area contributed by atoms with Gasteiger partial charge < -0.3 is 24.6 Å². The van der Waals surface area contributed by atoms with Gasteiger partial charge in [0, 0.05) is 32.5 Å². The van der Waals surface area contributed by atoms with Crippen LogP contribution in [0.4, 0.5) is 0 Å². The Hall–Kier alpha value is -1.21. The van der Waals surface area contributed by atoms with E-state index in [1.54, 1.807) is 7.11 Å². The van der Waals surface area contributed by atoms with E-state index in [1.165, 1.54) is 0 Å². The molecule has 0 saturated carbocycles. The molecule has 0 aliphatic heterocycles. The number of aliphatic hydroxyl groups excluding tert-OH is 1. The molecule has 1 rings (SSSR count). The summed E-state index contributed by atoms with van der Waals surface area (Å²) in [6.45, 7) is 6.87. The lowest BCUT2D eigenvalue weighted by atomic mass is 10.2. The van der Waals surface area contributed by atoms with Crippen molar-refractivity contribution in [1.29, 1.82) is 0 Å². The Morgan fingerprint density at radius 3 is 2.86 bits per heavy atom. The van der Waals surface area contributed by atoms with Crippen LogP contribution in [0.5, 0.6) is 5.75 Å². The molecule has 1 aromatic heterocycles. The summed E-state index contributed by atoms with van der Waals surface area (Å²) in [4.78, 5) is 4.47. The normalized spacial score (nSPS) is 12.4. The number of nitrogens with one attached hydrogen (secondary N) is 1. The van der Waals surface area contributed by atoms with Crippen LogP contribution < -0.4 is 10.1 Å². The zero-order valence-corrected chi connectivity index (χ0v) is 13.1. The van der Waals surface area contributed by atoms with E-state index in [1.807, 2.05) is 26.0 Å². The number of aromatic nitrogens is 1. The van der Waals surface area contributed by atoms with Crippen LogP contribution in [0.1, 0.15) is 18.3 Å². The van der Waals surface area contributed by atoms with Crippen molar-refractivity contribution in [1.82, 2.24) is 10.3 Å². The third-order valence-electron chi connectivity index (χ3n) is 2.79. The highest BCUT2D eigenvalue weighted by Gasteiger charge is 2.09. The number of rotatable bonds is 11. The van der Waals surface area contributed by atoms with Crippen molar-refractivity contribution in [2.45, 2.75) is 26.5 Å². The molecule has 0 amide bonds. The van der Waals surface area contributed by atoms with Crippen LogP contribution in [-0.4, -0.2) is 56.3 Å². The summed E-state index contributed by atoms with van der Waals surface area (Å²) in [7, 11) is 1.67. The summed E-state index contributed by atoms with van der Waals surface area (Å²) in [6, 6.07) is 3.77. The second kappa shape index (κ2) is 10.5. The van der Waals surface area contributed by atoms with E-state index in [-0.39, 0.29) is 13.2 Å². The van der Waals surface area contributed by atoms with Gasteiger partial charge in [-0.15, -0.1) is 0 Å². The second-order valence-electron chi connectivity index (χ2n) is 4.69. The minimum absolute atomic E-state index is 0.190. The van der Waals surface area contributed by atoms with Crippen LogP contribution in [0.25, 0.3) is 0 Å². The van der Waals surface area contributed by atoms with E-state index in [0.717, 1.165) is 17.9 Å². The molecule has 0 fully saturated rings. The summed E-state index contributed by atoms with van der Waals surface area (Å²) < 4.78 is 15.8. The lowest BCUT2D eigenvalue weighted by Gasteiger charge is -2.15. The summed E-state index contributed by atoms with van der Waals surface area (Å²) >= 11 is 0. The molecule has 6 heteroatoms. The standard InChI is InChI=1S/C15H26N2O4/c1-4-20-10-13(18)11-21-15-6-5-12(2)17-14(15)9-16-7-8-19-3/h5-6,13,16,18H,4,7-11H2,1-3H3. The molecule has 0 saturated heterocycles. The molecular weight excluding hydrogens is 272 g/mol. The molecule has 21 heavy (non-hydrogen) atoms. The zero-order chi connectivity index (χ0) is 15.5.